The van der Waals surface area contributed by atoms with E-state index in [1.54, 1.807) is 0 Å². The molecular weight excluding hydrogens is 522 g/mol. The Kier molecular flexibility index (Phi) is 10.8. The number of aryl methyl sites for hydroxylation is 1. The zero-order valence-electron chi connectivity index (χ0n) is 23.2. The van der Waals surface area contributed by atoms with Crippen molar-refractivity contribution in [2.24, 2.45) is 0 Å². The summed E-state index contributed by atoms with van der Waals surface area (Å²) >= 11 is 6.16. The fraction of sp³-hybridized carbons (Fsp3) is 0.324. The van der Waals surface area contributed by atoms with Gasteiger partial charge in [-0.3, -0.25) is 9.69 Å². The van der Waals surface area contributed by atoms with Gasteiger partial charge in [0.2, 0.25) is 0 Å². The summed E-state index contributed by atoms with van der Waals surface area (Å²) in [5.74, 6) is 6.53. The van der Waals surface area contributed by atoms with Crippen LogP contribution in [0, 0.1) is 18.8 Å². The smallest absolute Gasteiger partial charge is 0.303 e. The maximum absolute atomic E-state index is 11.3. The Balaban J connectivity index is 1.48. The van der Waals surface area contributed by atoms with Gasteiger partial charge >= 0.3 is 5.97 Å². The molecular formula is C34H36ClNO4. The molecule has 0 aliphatic carbocycles. The van der Waals surface area contributed by atoms with Gasteiger partial charge in [0.25, 0.3) is 0 Å². The molecule has 1 atom stereocenters. The Labute approximate surface area is 242 Å². The quantitative estimate of drug-likeness (QED) is 0.277. The van der Waals surface area contributed by atoms with E-state index in [9.17, 15) is 9.90 Å². The minimum Gasteiger partial charge on any atom is -0.490 e. The molecule has 1 N–H and O–H groups in total. The molecule has 3 aromatic carbocycles. The molecule has 0 spiro atoms. The molecule has 1 unspecified atom stereocenters. The molecule has 4 rings (SSSR count). The number of hydrogen-bond donors (Lipinski definition) is 1. The van der Waals surface area contributed by atoms with Crippen LogP contribution in [0.5, 0.6) is 5.75 Å². The second kappa shape index (κ2) is 14.7. The van der Waals surface area contributed by atoms with Gasteiger partial charge in [0, 0.05) is 23.7 Å². The first-order valence-corrected chi connectivity index (χ1v) is 14.1. The third-order valence-electron chi connectivity index (χ3n) is 7.12. The second-order valence-electron chi connectivity index (χ2n) is 9.92. The summed E-state index contributed by atoms with van der Waals surface area (Å²) < 4.78 is 11.5. The van der Waals surface area contributed by atoms with E-state index in [0.717, 1.165) is 78.4 Å². The van der Waals surface area contributed by atoms with Crippen LogP contribution in [0.25, 0.3) is 5.57 Å². The highest BCUT2D eigenvalue weighted by Crippen LogP contribution is 2.30. The number of benzene rings is 3. The topological polar surface area (TPSA) is 59.0 Å². The third kappa shape index (κ3) is 8.47. The van der Waals surface area contributed by atoms with Crippen molar-refractivity contribution < 1.29 is 19.4 Å². The van der Waals surface area contributed by atoms with E-state index in [4.69, 9.17) is 21.1 Å². The molecule has 0 saturated carbocycles. The van der Waals surface area contributed by atoms with Crippen LogP contribution >= 0.6 is 11.6 Å². The Morgan fingerprint density at radius 1 is 1.07 bits per heavy atom. The normalized spacial score (nSPS) is 14.7. The van der Waals surface area contributed by atoms with Gasteiger partial charge in [-0.05, 0) is 89.6 Å². The maximum Gasteiger partial charge on any atom is 0.303 e. The largest absolute Gasteiger partial charge is 0.490 e. The van der Waals surface area contributed by atoms with Crippen LogP contribution in [0.15, 0.2) is 72.8 Å². The average molecular weight is 558 g/mol. The molecule has 0 aromatic heterocycles. The molecule has 1 saturated heterocycles. The predicted octanol–water partition coefficient (Wildman–Crippen LogP) is 6.81. The van der Waals surface area contributed by atoms with E-state index in [0.29, 0.717) is 11.6 Å². The number of ether oxygens (including phenoxy) is 2. The molecule has 1 aliphatic rings. The van der Waals surface area contributed by atoms with E-state index in [-0.39, 0.29) is 12.3 Å². The first kappa shape index (κ1) is 29.4. The zero-order valence-corrected chi connectivity index (χ0v) is 23.9. The van der Waals surface area contributed by atoms with Crippen molar-refractivity contribution in [3.05, 3.63) is 106 Å². The number of nitrogens with zero attached hydrogens (tertiary/aromatic N) is 1. The van der Waals surface area contributed by atoms with E-state index >= 15 is 0 Å². The van der Waals surface area contributed by atoms with Gasteiger partial charge in [-0.1, -0.05) is 60.7 Å². The molecule has 1 aliphatic heterocycles. The predicted molar refractivity (Wildman–Crippen MR) is 161 cm³/mol. The van der Waals surface area contributed by atoms with Gasteiger partial charge in [0.15, 0.2) is 0 Å². The van der Waals surface area contributed by atoms with E-state index in [1.165, 1.54) is 0 Å². The molecule has 208 valence electrons. The highest BCUT2D eigenvalue weighted by Gasteiger charge is 2.16. The fourth-order valence-corrected chi connectivity index (χ4v) is 5.01. The van der Waals surface area contributed by atoms with Crippen LogP contribution in [0.2, 0.25) is 5.02 Å². The minimum absolute atomic E-state index is 0.00465. The molecule has 40 heavy (non-hydrogen) atoms. The molecule has 0 radical (unpaired) electrons. The van der Waals surface area contributed by atoms with Gasteiger partial charge < -0.3 is 14.6 Å². The minimum atomic E-state index is -0.778. The first-order valence-electron chi connectivity index (χ1n) is 13.7. The number of carboxylic acid groups (broad SMARTS) is 1. The summed E-state index contributed by atoms with van der Waals surface area (Å²) in [6.45, 7) is 8.56. The molecule has 6 heteroatoms. The monoisotopic (exact) mass is 557 g/mol. The summed E-state index contributed by atoms with van der Waals surface area (Å²) in [5, 5.41) is 9.93. The summed E-state index contributed by atoms with van der Waals surface area (Å²) in [7, 11) is 0. The van der Waals surface area contributed by atoms with Crippen molar-refractivity contribution in [2.75, 3.05) is 39.5 Å². The van der Waals surface area contributed by atoms with Crippen molar-refractivity contribution in [2.45, 2.75) is 32.6 Å². The molecule has 1 fully saturated rings. The zero-order chi connectivity index (χ0) is 28.3. The van der Waals surface area contributed by atoms with Crippen LogP contribution in [0.3, 0.4) is 0 Å². The number of morpholine rings is 1. The van der Waals surface area contributed by atoms with Crippen molar-refractivity contribution >= 4 is 23.1 Å². The van der Waals surface area contributed by atoms with Gasteiger partial charge in [-0.25, -0.2) is 0 Å². The Morgan fingerprint density at radius 2 is 1.75 bits per heavy atom. The van der Waals surface area contributed by atoms with E-state index < -0.39 is 5.97 Å². The lowest BCUT2D eigenvalue weighted by Gasteiger charge is -2.24. The highest BCUT2D eigenvalue weighted by atomic mass is 35.5. The third-order valence-corrected chi connectivity index (χ3v) is 7.37. The molecule has 5 nitrogen and oxygen atoms in total. The van der Waals surface area contributed by atoms with Gasteiger partial charge in [-0.2, -0.15) is 0 Å². The lowest BCUT2D eigenvalue weighted by molar-refractivity contribution is -0.137. The van der Waals surface area contributed by atoms with Crippen LogP contribution in [-0.4, -0.2) is 55.4 Å². The lowest BCUT2D eigenvalue weighted by Crippen LogP contribution is -2.36. The molecule has 0 bridgehead atoms. The highest BCUT2D eigenvalue weighted by molar-refractivity contribution is 6.30. The average Bonchev–Trinajstić information content (AvgIpc) is 2.96. The second-order valence-corrected chi connectivity index (χ2v) is 10.4. The first-order chi connectivity index (χ1) is 19.4. The fourth-order valence-electron chi connectivity index (χ4n) is 4.88. The number of carbonyl (C=O) groups is 1. The van der Waals surface area contributed by atoms with Gasteiger partial charge in [0.1, 0.15) is 12.4 Å². The lowest BCUT2D eigenvalue weighted by atomic mass is 9.90. The number of hydrogen-bond acceptors (Lipinski definition) is 4. The van der Waals surface area contributed by atoms with Crippen LogP contribution in [0.1, 0.15) is 53.5 Å². The summed E-state index contributed by atoms with van der Waals surface area (Å²) in [4.78, 5) is 13.6. The Bertz CT molecular complexity index is 1360. The molecule has 3 aromatic rings. The van der Waals surface area contributed by atoms with Gasteiger partial charge in [-0.15, -0.1) is 0 Å². The number of aliphatic carboxylic acids is 1. The summed E-state index contributed by atoms with van der Waals surface area (Å²) in [6.07, 6.45) is 2.98. The summed E-state index contributed by atoms with van der Waals surface area (Å²) in [6, 6.07) is 22.0. The summed E-state index contributed by atoms with van der Waals surface area (Å²) in [5.41, 5.74) is 6.24. The number of carboxylic acids is 1. The van der Waals surface area contributed by atoms with Crippen LogP contribution in [-0.2, 0) is 9.53 Å². The SMILES string of the molecule is CCC(CC(=O)O)c1ccc(OC/C=C(\c2ccc(Cl)cc2)c2ccc(C#CCN3CCOCC3)cc2)cc1C. The van der Waals surface area contributed by atoms with Crippen LogP contribution in [0.4, 0.5) is 0 Å². The van der Waals surface area contributed by atoms with Crippen molar-refractivity contribution in [1.82, 2.24) is 4.90 Å². The standard InChI is InChI=1S/C34H36ClNO4/c1-3-27(24-34(37)38)32-15-14-31(23-25(32)2)40-20-16-33(29-10-12-30(35)13-11-29)28-8-6-26(7-9-28)5-4-17-36-18-21-39-22-19-36/h6-16,23,27H,3,17-22,24H2,1-2H3,(H,37,38)/b33-16-. The van der Waals surface area contributed by atoms with Gasteiger partial charge in [0.05, 0.1) is 26.2 Å². The molecule has 0 amide bonds. The van der Waals surface area contributed by atoms with Crippen molar-refractivity contribution in [3.8, 4) is 17.6 Å². The number of rotatable bonds is 10. The van der Waals surface area contributed by atoms with Crippen molar-refractivity contribution in [3.63, 3.8) is 0 Å². The Morgan fingerprint density at radius 3 is 2.38 bits per heavy atom. The van der Waals surface area contributed by atoms with Crippen LogP contribution < -0.4 is 4.74 Å². The maximum atomic E-state index is 11.3. The Hall–Kier alpha value is -3.56. The van der Waals surface area contributed by atoms with E-state index in [2.05, 4.69) is 47.1 Å². The number of halogens is 1. The van der Waals surface area contributed by atoms with Crippen molar-refractivity contribution in [1.29, 1.82) is 0 Å². The molecule has 1 heterocycles. The van der Waals surface area contributed by atoms with E-state index in [1.807, 2.05) is 56.3 Å².